The van der Waals surface area contributed by atoms with E-state index in [0.29, 0.717) is 19.6 Å². The van der Waals surface area contributed by atoms with Crippen LogP contribution in [0, 0.1) is 0 Å². The van der Waals surface area contributed by atoms with Crippen molar-refractivity contribution < 1.29 is 19.1 Å². The lowest BCUT2D eigenvalue weighted by Crippen LogP contribution is -2.52. The van der Waals surface area contributed by atoms with Gasteiger partial charge >= 0.3 is 6.03 Å². The zero-order valence-electron chi connectivity index (χ0n) is 20.9. The Morgan fingerprint density at radius 2 is 1.88 bits per heavy atom. The van der Waals surface area contributed by atoms with Crippen LogP contribution in [0.25, 0.3) is 0 Å². The van der Waals surface area contributed by atoms with Gasteiger partial charge in [-0.2, -0.15) is 5.10 Å². The van der Waals surface area contributed by atoms with Gasteiger partial charge in [-0.15, -0.1) is 0 Å². The fourth-order valence-corrected chi connectivity index (χ4v) is 3.83. The Kier molecular flexibility index (Phi) is 7.98. The van der Waals surface area contributed by atoms with Crippen molar-refractivity contribution in [2.24, 2.45) is 12.1 Å². The number of ether oxygens (including phenoxy) is 2. The molecule has 0 fully saturated rings. The van der Waals surface area contributed by atoms with E-state index in [2.05, 4.69) is 5.32 Å². The summed E-state index contributed by atoms with van der Waals surface area (Å²) in [5.41, 5.74) is 2.30. The van der Waals surface area contributed by atoms with Gasteiger partial charge in [-0.25, -0.2) is 9.80 Å². The largest absolute Gasteiger partial charge is 0.497 e. The predicted molar refractivity (Wildman–Crippen MR) is 131 cm³/mol. The van der Waals surface area contributed by atoms with Crippen LogP contribution in [0.3, 0.4) is 0 Å². The molecule has 0 saturated carbocycles. The van der Waals surface area contributed by atoms with Gasteiger partial charge in [-0.05, 0) is 50.6 Å². The summed E-state index contributed by atoms with van der Waals surface area (Å²) in [6.45, 7) is 6.21. The molecule has 0 spiro atoms. The second-order valence-electron chi connectivity index (χ2n) is 9.38. The van der Waals surface area contributed by atoms with E-state index in [1.165, 1.54) is 9.91 Å². The van der Waals surface area contributed by atoms with Crippen LogP contribution in [0.1, 0.15) is 44.5 Å². The Morgan fingerprint density at radius 1 is 1.18 bits per heavy atom. The predicted octanol–water partition coefficient (Wildman–Crippen LogP) is 3.17. The molecule has 3 rings (SSSR count). The lowest BCUT2D eigenvalue weighted by atomic mass is 10.0. The molecule has 1 aromatic carbocycles. The number of urea groups is 1. The van der Waals surface area contributed by atoms with Crippen LogP contribution in [0.15, 0.2) is 47.7 Å². The van der Waals surface area contributed by atoms with E-state index >= 15 is 0 Å². The third kappa shape index (κ3) is 6.17. The number of hydrogen-bond acceptors (Lipinski definition) is 5. The molecule has 1 atom stereocenters. The number of amides is 3. The number of nitrogens with one attached hydrogen (secondary N) is 1. The summed E-state index contributed by atoms with van der Waals surface area (Å²) in [7, 11) is 5.14. The van der Waals surface area contributed by atoms with Crippen LogP contribution in [-0.2, 0) is 16.6 Å². The molecule has 9 nitrogen and oxygen atoms in total. The van der Waals surface area contributed by atoms with Gasteiger partial charge in [0.1, 0.15) is 12.3 Å². The van der Waals surface area contributed by atoms with E-state index < -0.39 is 5.54 Å². The van der Waals surface area contributed by atoms with Crippen molar-refractivity contribution in [2.45, 2.75) is 38.8 Å². The van der Waals surface area contributed by atoms with Gasteiger partial charge in [0.15, 0.2) is 0 Å². The van der Waals surface area contributed by atoms with E-state index in [0.717, 1.165) is 22.7 Å². The molecule has 184 valence electrons. The normalized spacial score (nSPS) is 15.8. The molecule has 1 aromatic heterocycles. The summed E-state index contributed by atoms with van der Waals surface area (Å²) in [5, 5.41) is 9.15. The van der Waals surface area contributed by atoms with Crippen molar-refractivity contribution in [3.05, 3.63) is 53.9 Å². The van der Waals surface area contributed by atoms with Crippen molar-refractivity contribution in [3.8, 4) is 5.75 Å². The van der Waals surface area contributed by atoms with E-state index in [-0.39, 0.29) is 24.5 Å². The zero-order chi connectivity index (χ0) is 24.9. The van der Waals surface area contributed by atoms with Crippen LogP contribution >= 0.6 is 0 Å². The Morgan fingerprint density at radius 3 is 2.44 bits per heavy atom. The van der Waals surface area contributed by atoms with Crippen molar-refractivity contribution in [3.63, 3.8) is 0 Å². The minimum Gasteiger partial charge on any atom is -0.497 e. The molecular weight excluding hydrogens is 434 g/mol. The molecule has 0 aliphatic carbocycles. The standard InChI is InChI=1S/C25H35N5O4/c1-25(2,3)26-24(32)29(14-15-33-5)17-23(31)30-22(18-9-11-19(34-6)12-10-18)16-20(27-30)21-8-7-13-28(21)4/h7-13,22H,14-17H2,1-6H3,(H,26,32). The Balaban J connectivity index is 1.88. The lowest BCUT2D eigenvalue weighted by molar-refractivity contribution is -0.133. The summed E-state index contributed by atoms with van der Waals surface area (Å²) in [6.07, 6.45) is 2.52. The molecule has 1 aliphatic rings. The maximum Gasteiger partial charge on any atom is 0.318 e. The first-order chi connectivity index (χ1) is 16.1. The molecule has 3 amide bonds. The minimum absolute atomic E-state index is 0.109. The molecule has 0 saturated heterocycles. The van der Waals surface area contributed by atoms with E-state index in [1.807, 2.05) is 75.0 Å². The molecule has 2 aromatic rings. The summed E-state index contributed by atoms with van der Waals surface area (Å²) < 4.78 is 12.4. The quantitative estimate of drug-likeness (QED) is 0.643. The second-order valence-corrected chi connectivity index (χ2v) is 9.38. The molecule has 34 heavy (non-hydrogen) atoms. The van der Waals surface area contributed by atoms with Gasteiger partial charge < -0.3 is 24.3 Å². The third-order valence-corrected chi connectivity index (χ3v) is 5.57. The molecule has 0 bridgehead atoms. The Labute approximate surface area is 201 Å². The van der Waals surface area contributed by atoms with E-state index in [4.69, 9.17) is 14.6 Å². The Bertz CT molecular complexity index is 1020. The number of aryl methyl sites for hydroxylation is 1. The highest BCUT2D eigenvalue weighted by Gasteiger charge is 2.35. The number of benzene rings is 1. The summed E-state index contributed by atoms with van der Waals surface area (Å²) >= 11 is 0. The second kappa shape index (κ2) is 10.7. The highest BCUT2D eigenvalue weighted by atomic mass is 16.5. The van der Waals surface area contributed by atoms with Crippen LogP contribution in [-0.4, -0.2) is 71.6 Å². The number of aromatic nitrogens is 1. The fourth-order valence-electron chi connectivity index (χ4n) is 3.83. The maximum absolute atomic E-state index is 13.5. The molecule has 9 heteroatoms. The first-order valence-corrected chi connectivity index (χ1v) is 11.3. The van der Waals surface area contributed by atoms with Gasteiger partial charge in [0, 0.05) is 38.9 Å². The highest BCUT2D eigenvalue weighted by molar-refractivity contribution is 6.02. The molecule has 1 unspecified atom stereocenters. The number of rotatable bonds is 8. The van der Waals surface area contributed by atoms with E-state index in [1.54, 1.807) is 14.2 Å². The van der Waals surface area contributed by atoms with Crippen molar-refractivity contribution in [1.29, 1.82) is 0 Å². The SMILES string of the molecule is COCCN(CC(=O)N1N=C(c2cccn2C)CC1c1ccc(OC)cc1)C(=O)NC(C)(C)C. The van der Waals surface area contributed by atoms with Gasteiger partial charge in [-0.1, -0.05) is 12.1 Å². The lowest BCUT2D eigenvalue weighted by Gasteiger charge is -2.30. The molecule has 1 aliphatic heterocycles. The van der Waals surface area contributed by atoms with Gasteiger partial charge in [0.25, 0.3) is 5.91 Å². The zero-order valence-corrected chi connectivity index (χ0v) is 20.9. The number of hydrogen-bond donors (Lipinski definition) is 1. The number of carbonyl (C=O) groups is 2. The smallest absolute Gasteiger partial charge is 0.318 e. The summed E-state index contributed by atoms with van der Waals surface area (Å²) in [5.74, 6) is 0.484. The van der Waals surface area contributed by atoms with Crippen molar-refractivity contribution >= 4 is 17.6 Å². The van der Waals surface area contributed by atoms with Gasteiger partial charge in [0.2, 0.25) is 0 Å². The molecular formula is C25H35N5O4. The van der Waals surface area contributed by atoms with Gasteiger partial charge in [0.05, 0.1) is 31.2 Å². The van der Waals surface area contributed by atoms with Crippen LogP contribution in [0.4, 0.5) is 4.79 Å². The van der Waals surface area contributed by atoms with Gasteiger partial charge in [-0.3, -0.25) is 4.79 Å². The molecule has 0 radical (unpaired) electrons. The monoisotopic (exact) mass is 469 g/mol. The fraction of sp³-hybridized carbons (Fsp3) is 0.480. The number of hydrazone groups is 1. The summed E-state index contributed by atoms with van der Waals surface area (Å²) in [6, 6.07) is 11.0. The Hall–Kier alpha value is -3.33. The minimum atomic E-state index is -0.428. The van der Waals surface area contributed by atoms with Crippen LogP contribution < -0.4 is 10.1 Å². The van der Waals surface area contributed by atoms with Crippen molar-refractivity contribution in [2.75, 3.05) is 33.9 Å². The van der Waals surface area contributed by atoms with E-state index in [9.17, 15) is 9.59 Å². The topological polar surface area (TPSA) is 88.4 Å². The van der Waals surface area contributed by atoms with Crippen LogP contribution in [0.5, 0.6) is 5.75 Å². The van der Waals surface area contributed by atoms with Crippen LogP contribution in [0.2, 0.25) is 0 Å². The average Bonchev–Trinajstić information content (AvgIpc) is 3.41. The number of methoxy groups -OCH3 is 2. The highest BCUT2D eigenvalue weighted by Crippen LogP contribution is 2.33. The third-order valence-electron chi connectivity index (χ3n) is 5.57. The summed E-state index contributed by atoms with van der Waals surface area (Å²) in [4.78, 5) is 27.9. The first-order valence-electron chi connectivity index (χ1n) is 11.3. The van der Waals surface area contributed by atoms with Crippen molar-refractivity contribution in [1.82, 2.24) is 19.8 Å². The number of carbonyl (C=O) groups excluding carboxylic acids is 2. The molecule has 2 heterocycles. The average molecular weight is 470 g/mol. The number of nitrogens with zero attached hydrogens (tertiary/aromatic N) is 4. The maximum atomic E-state index is 13.5. The first kappa shape index (κ1) is 25.3. The molecule has 1 N–H and O–H groups in total.